The molecule has 0 aliphatic heterocycles. The van der Waals surface area contributed by atoms with Gasteiger partial charge in [-0.3, -0.25) is 4.79 Å². The Balaban J connectivity index is 1.70. The second-order valence-corrected chi connectivity index (χ2v) is 6.55. The summed E-state index contributed by atoms with van der Waals surface area (Å²) in [6, 6.07) is 6.77. The Morgan fingerprint density at radius 2 is 2.05 bits per heavy atom. The van der Waals surface area contributed by atoms with Crippen LogP contribution in [0.15, 0.2) is 24.3 Å². The number of fused-ring (bicyclic) bond motifs is 2. The van der Waals surface area contributed by atoms with Gasteiger partial charge in [-0.25, -0.2) is 0 Å². The van der Waals surface area contributed by atoms with Gasteiger partial charge in [0.15, 0.2) is 6.10 Å². The van der Waals surface area contributed by atoms with Crippen molar-refractivity contribution in [1.29, 1.82) is 0 Å². The maximum atomic E-state index is 12.3. The van der Waals surface area contributed by atoms with Gasteiger partial charge >= 0.3 is 0 Å². The number of aliphatic hydroxyl groups excluding tert-OH is 2. The summed E-state index contributed by atoms with van der Waals surface area (Å²) in [5, 5.41) is 23.0. The van der Waals surface area contributed by atoms with Gasteiger partial charge in [-0.1, -0.05) is 29.8 Å². The molecule has 4 unspecified atom stereocenters. The third-order valence-electron chi connectivity index (χ3n) is 5.06. The lowest BCUT2D eigenvalue weighted by molar-refractivity contribution is -0.131. The molecule has 114 valence electrons. The predicted molar refractivity (Wildman–Crippen MR) is 79.7 cm³/mol. The number of carbonyl (C=O) groups is 1. The van der Waals surface area contributed by atoms with E-state index < -0.39 is 12.0 Å². The minimum atomic E-state index is -1.27. The maximum absolute atomic E-state index is 12.3. The fourth-order valence-corrected chi connectivity index (χ4v) is 4.22. The van der Waals surface area contributed by atoms with Crippen LogP contribution in [0.4, 0.5) is 0 Å². The highest BCUT2D eigenvalue weighted by atomic mass is 35.5. The van der Waals surface area contributed by atoms with Crippen LogP contribution in [-0.2, 0) is 4.79 Å². The van der Waals surface area contributed by atoms with E-state index in [1.807, 2.05) is 0 Å². The first kappa shape index (κ1) is 14.8. The van der Waals surface area contributed by atoms with Crippen molar-refractivity contribution >= 4 is 17.5 Å². The molecule has 0 saturated heterocycles. The molecule has 2 saturated carbocycles. The van der Waals surface area contributed by atoms with Gasteiger partial charge in [0.25, 0.3) is 5.91 Å². The van der Waals surface area contributed by atoms with E-state index in [4.69, 9.17) is 11.6 Å². The number of hydrogen-bond donors (Lipinski definition) is 3. The standard InChI is InChI=1S/C16H20ClNO3/c17-13-4-2-1-3-11(13)15(20)16(21)18-14-10-6-5-9(7-10)12(14)8-19/h1-4,9-10,12,14-15,19-20H,5-8H2,(H,18,21)/t9?,10?,12?,14?,15-/m1/s1. The number of aliphatic hydroxyl groups is 2. The highest BCUT2D eigenvalue weighted by molar-refractivity contribution is 6.31. The molecule has 5 atom stereocenters. The lowest BCUT2D eigenvalue weighted by Crippen LogP contribution is -2.46. The first-order chi connectivity index (χ1) is 10.1. The molecular weight excluding hydrogens is 290 g/mol. The van der Waals surface area contributed by atoms with E-state index in [1.54, 1.807) is 24.3 Å². The number of hydrogen-bond acceptors (Lipinski definition) is 3. The fraction of sp³-hybridized carbons (Fsp3) is 0.562. The van der Waals surface area contributed by atoms with Crippen molar-refractivity contribution in [3.05, 3.63) is 34.9 Å². The van der Waals surface area contributed by atoms with E-state index in [1.165, 1.54) is 0 Å². The topological polar surface area (TPSA) is 69.6 Å². The van der Waals surface area contributed by atoms with Crippen LogP contribution < -0.4 is 5.32 Å². The molecule has 21 heavy (non-hydrogen) atoms. The summed E-state index contributed by atoms with van der Waals surface area (Å²) in [5.74, 6) is 0.613. The molecule has 2 bridgehead atoms. The van der Waals surface area contributed by atoms with E-state index >= 15 is 0 Å². The summed E-state index contributed by atoms with van der Waals surface area (Å²) in [5.41, 5.74) is 0.417. The Hall–Kier alpha value is -1.10. The van der Waals surface area contributed by atoms with Crippen molar-refractivity contribution in [3.8, 4) is 0 Å². The van der Waals surface area contributed by atoms with Crippen LogP contribution in [0.1, 0.15) is 30.9 Å². The second kappa shape index (κ2) is 5.95. The number of carbonyl (C=O) groups excluding carboxylic acids is 1. The third-order valence-corrected chi connectivity index (χ3v) is 5.40. The van der Waals surface area contributed by atoms with E-state index in [0.717, 1.165) is 19.3 Å². The second-order valence-electron chi connectivity index (χ2n) is 6.14. The molecule has 2 fully saturated rings. The van der Waals surface area contributed by atoms with Crippen LogP contribution in [0.25, 0.3) is 0 Å². The first-order valence-corrected chi connectivity index (χ1v) is 7.83. The Labute approximate surface area is 129 Å². The molecule has 1 aromatic carbocycles. The molecule has 0 heterocycles. The van der Waals surface area contributed by atoms with Gasteiger partial charge in [0.2, 0.25) is 0 Å². The number of benzene rings is 1. The molecule has 3 rings (SSSR count). The lowest BCUT2D eigenvalue weighted by Gasteiger charge is -2.31. The largest absolute Gasteiger partial charge is 0.396 e. The van der Waals surface area contributed by atoms with Crippen LogP contribution in [-0.4, -0.2) is 28.8 Å². The maximum Gasteiger partial charge on any atom is 0.253 e. The smallest absolute Gasteiger partial charge is 0.253 e. The molecule has 5 heteroatoms. The van der Waals surface area contributed by atoms with Gasteiger partial charge in [0.05, 0.1) is 0 Å². The Bertz CT molecular complexity index is 536. The van der Waals surface area contributed by atoms with Crippen LogP contribution >= 0.6 is 11.6 Å². The van der Waals surface area contributed by atoms with Gasteiger partial charge in [-0.2, -0.15) is 0 Å². The minimum Gasteiger partial charge on any atom is -0.396 e. The van der Waals surface area contributed by atoms with Crippen molar-refractivity contribution in [3.63, 3.8) is 0 Å². The van der Waals surface area contributed by atoms with Crippen LogP contribution in [0.5, 0.6) is 0 Å². The molecule has 0 spiro atoms. The van der Waals surface area contributed by atoms with Crippen molar-refractivity contribution in [2.24, 2.45) is 17.8 Å². The van der Waals surface area contributed by atoms with Gasteiger partial charge in [0.1, 0.15) is 0 Å². The van der Waals surface area contributed by atoms with Crippen LogP contribution in [0, 0.1) is 17.8 Å². The van der Waals surface area contributed by atoms with Crippen LogP contribution in [0.3, 0.4) is 0 Å². The zero-order valence-electron chi connectivity index (χ0n) is 11.7. The van der Waals surface area contributed by atoms with Crippen molar-refractivity contribution in [2.45, 2.75) is 31.4 Å². The molecule has 1 aromatic rings. The summed E-state index contributed by atoms with van der Waals surface area (Å²) in [4.78, 5) is 12.3. The molecular formula is C16H20ClNO3. The number of nitrogens with one attached hydrogen (secondary N) is 1. The molecule has 3 N–H and O–H groups in total. The van der Waals surface area contributed by atoms with Gasteiger partial charge in [-0.05, 0) is 37.2 Å². The summed E-state index contributed by atoms with van der Waals surface area (Å²) in [6.45, 7) is 0.0916. The average molecular weight is 310 g/mol. The Kier molecular flexibility index (Phi) is 4.20. The van der Waals surface area contributed by atoms with Crippen molar-refractivity contribution in [1.82, 2.24) is 5.32 Å². The SMILES string of the molecule is O=C(NC1C2CCC(C2)C1CO)[C@H](O)c1ccccc1Cl. The van der Waals surface area contributed by atoms with Gasteiger partial charge in [-0.15, -0.1) is 0 Å². The first-order valence-electron chi connectivity index (χ1n) is 7.45. The summed E-state index contributed by atoms with van der Waals surface area (Å²) < 4.78 is 0. The Morgan fingerprint density at radius 1 is 1.33 bits per heavy atom. The summed E-state index contributed by atoms with van der Waals surface area (Å²) in [7, 11) is 0. The zero-order valence-corrected chi connectivity index (χ0v) is 12.5. The zero-order chi connectivity index (χ0) is 15.0. The quantitative estimate of drug-likeness (QED) is 0.795. The summed E-state index contributed by atoms with van der Waals surface area (Å²) >= 11 is 6.02. The monoisotopic (exact) mass is 309 g/mol. The number of rotatable bonds is 4. The number of amides is 1. The number of halogens is 1. The van der Waals surface area contributed by atoms with Crippen molar-refractivity contribution in [2.75, 3.05) is 6.61 Å². The Morgan fingerprint density at radius 3 is 2.76 bits per heavy atom. The fourth-order valence-electron chi connectivity index (χ4n) is 3.98. The van der Waals surface area contributed by atoms with E-state index in [0.29, 0.717) is 22.4 Å². The normalized spacial score (nSPS) is 32.1. The summed E-state index contributed by atoms with van der Waals surface area (Å²) in [6.07, 6.45) is 2.03. The van der Waals surface area contributed by atoms with E-state index in [2.05, 4.69) is 5.32 Å². The minimum absolute atomic E-state index is 0.0293. The molecule has 2 aliphatic carbocycles. The lowest BCUT2D eigenvalue weighted by atomic mass is 9.85. The highest BCUT2D eigenvalue weighted by Gasteiger charge is 2.48. The predicted octanol–water partition coefficient (Wildman–Crippen LogP) is 1.90. The molecule has 4 nitrogen and oxygen atoms in total. The van der Waals surface area contributed by atoms with Gasteiger partial charge in [0, 0.05) is 29.2 Å². The molecule has 2 aliphatic rings. The highest BCUT2D eigenvalue weighted by Crippen LogP contribution is 2.48. The van der Waals surface area contributed by atoms with Crippen molar-refractivity contribution < 1.29 is 15.0 Å². The average Bonchev–Trinajstić information content (AvgIpc) is 3.08. The van der Waals surface area contributed by atoms with E-state index in [-0.39, 0.29) is 18.6 Å². The van der Waals surface area contributed by atoms with Crippen LogP contribution in [0.2, 0.25) is 5.02 Å². The van der Waals surface area contributed by atoms with Gasteiger partial charge < -0.3 is 15.5 Å². The third kappa shape index (κ3) is 2.68. The van der Waals surface area contributed by atoms with E-state index in [9.17, 15) is 15.0 Å². The molecule has 0 radical (unpaired) electrons. The molecule has 0 aromatic heterocycles. The molecule has 1 amide bonds.